The van der Waals surface area contributed by atoms with Gasteiger partial charge in [0.15, 0.2) is 17.4 Å². The molecule has 0 heterocycles. The number of rotatable bonds is 8. The van der Waals surface area contributed by atoms with E-state index >= 15 is 4.39 Å². The minimum Gasteiger partial charge on any atom is -0.370 e. The van der Waals surface area contributed by atoms with Crippen molar-refractivity contribution in [3.63, 3.8) is 0 Å². The number of ketones is 1. The maximum atomic E-state index is 15.2. The Morgan fingerprint density at radius 2 is 1.86 bits per heavy atom. The first-order valence-electron chi connectivity index (χ1n) is 8.67. The number of carbonyl (C=O) groups is 2. The van der Waals surface area contributed by atoms with Crippen molar-refractivity contribution >= 4 is 23.3 Å². The fourth-order valence-electron chi connectivity index (χ4n) is 2.96. The summed E-state index contributed by atoms with van der Waals surface area (Å²) >= 11 is 6.03. The molecule has 28 heavy (non-hydrogen) atoms. The van der Waals surface area contributed by atoms with Crippen molar-refractivity contribution < 1.29 is 25.6 Å². The minimum atomic E-state index is -1.22. The SMILES string of the molecule is CC[C@@H](N[C@@H](C)CC(N)=O)c1ccc(Cl)c(C(=O)c2ccc(F)c(F)c2)c1F.[HH].[HH]. The molecule has 2 aromatic rings. The van der Waals surface area contributed by atoms with E-state index in [1.54, 1.807) is 13.8 Å². The molecule has 4 nitrogen and oxygen atoms in total. The van der Waals surface area contributed by atoms with Crippen LogP contribution in [-0.4, -0.2) is 17.7 Å². The van der Waals surface area contributed by atoms with Crippen molar-refractivity contribution in [1.82, 2.24) is 5.32 Å². The first-order valence-corrected chi connectivity index (χ1v) is 9.05. The molecule has 0 radical (unpaired) electrons. The van der Waals surface area contributed by atoms with Crippen LogP contribution < -0.4 is 11.1 Å². The number of primary amides is 1. The average Bonchev–Trinajstić information content (AvgIpc) is 2.61. The summed E-state index contributed by atoms with van der Waals surface area (Å²) in [5.41, 5.74) is 4.71. The molecule has 0 aliphatic heterocycles. The smallest absolute Gasteiger partial charge is 0.218 e. The van der Waals surface area contributed by atoms with E-state index in [2.05, 4.69) is 5.32 Å². The fourth-order valence-corrected chi connectivity index (χ4v) is 3.19. The Balaban J connectivity index is 0.00000420. The number of halogens is 4. The quantitative estimate of drug-likeness (QED) is 0.608. The molecule has 8 heteroatoms. The summed E-state index contributed by atoms with van der Waals surface area (Å²) in [5.74, 6) is -4.54. The van der Waals surface area contributed by atoms with Gasteiger partial charge in [0, 0.05) is 32.5 Å². The van der Waals surface area contributed by atoms with Crippen molar-refractivity contribution in [2.45, 2.75) is 38.8 Å². The minimum absolute atomic E-state index is 0. The summed E-state index contributed by atoms with van der Waals surface area (Å²) in [5, 5.41) is 2.95. The summed E-state index contributed by atoms with van der Waals surface area (Å²) in [6.45, 7) is 3.54. The van der Waals surface area contributed by atoms with Crippen LogP contribution in [0.25, 0.3) is 0 Å². The molecule has 154 valence electrons. The van der Waals surface area contributed by atoms with Crippen LogP contribution in [-0.2, 0) is 4.79 Å². The highest BCUT2D eigenvalue weighted by molar-refractivity contribution is 6.35. The van der Waals surface area contributed by atoms with E-state index in [-0.39, 0.29) is 31.5 Å². The van der Waals surface area contributed by atoms with Gasteiger partial charge in [-0.2, -0.15) is 0 Å². The molecule has 2 aromatic carbocycles. The number of benzene rings is 2. The standard InChI is InChI=1S/C20H20ClF3N2O2.2H2/c1-3-16(26-10(2)8-17(25)27)12-5-6-13(21)18(19(12)24)20(28)11-4-7-14(22)15(23)9-11;;/h4-7,9-10,16,26H,3,8H2,1-2H3,(H2,25,27);2*1H/t10-,16+;;/m0../s1. The topological polar surface area (TPSA) is 72.2 Å². The Morgan fingerprint density at radius 1 is 1.18 bits per heavy atom. The molecule has 0 bridgehead atoms. The van der Waals surface area contributed by atoms with Crippen LogP contribution in [0.15, 0.2) is 30.3 Å². The highest BCUT2D eigenvalue weighted by Crippen LogP contribution is 2.30. The lowest BCUT2D eigenvalue weighted by atomic mass is 9.95. The normalized spacial score (nSPS) is 13.2. The van der Waals surface area contributed by atoms with Gasteiger partial charge in [0.1, 0.15) is 5.82 Å². The number of nitrogens with two attached hydrogens (primary N) is 1. The molecule has 3 N–H and O–H groups in total. The van der Waals surface area contributed by atoms with Gasteiger partial charge >= 0.3 is 0 Å². The van der Waals surface area contributed by atoms with Crippen molar-refractivity contribution in [2.75, 3.05) is 0 Å². The van der Waals surface area contributed by atoms with E-state index in [1.807, 2.05) is 0 Å². The van der Waals surface area contributed by atoms with E-state index in [0.717, 1.165) is 12.1 Å². The van der Waals surface area contributed by atoms with Crippen LogP contribution in [0, 0.1) is 17.5 Å². The van der Waals surface area contributed by atoms with Gasteiger partial charge in [-0.25, -0.2) is 13.2 Å². The summed E-state index contributed by atoms with van der Waals surface area (Å²) in [6, 6.07) is 4.54. The molecule has 2 atom stereocenters. The zero-order valence-corrected chi connectivity index (χ0v) is 16.1. The summed E-state index contributed by atoms with van der Waals surface area (Å²) in [7, 11) is 0. The Labute approximate surface area is 168 Å². The number of carbonyl (C=O) groups excluding carboxylic acids is 2. The van der Waals surface area contributed by atoms with Crippen molar-refractivity contribution in [3.8, 4) is 0 Å². The maximum absolute atomic E-state index is 15.2. The predicted octanol–water partition coefficient (Wildman–Crippen LogP) is 4.78. The van der Waals surface area contributed by atoms with Crippen LogP contribution in [0.4, 0.5) is 13.2 Å². The summed E-state index contributed by atoms with van der Waals surface area (Å²) < 4.78 is 41.8. The Hall–Kier alpha value is -2.38. The second-order valence-corrected chi connectivity index (χ2v) is 6.89. The highest BCUT2D eigenvalue weighted by Gasteiger charge is 2.25. The Bertz CT molecular complexity index is 916. The molecule has 0 aliphatic rings. The van der Waals surface area contributed by atoms with Gasteiger partial charge in [-0.3, -0.25) is 9.59 Å². The van der Waals surface area contributed by atoms with E-state index in [0.29, 0.717) is 12.5 Å². The van der Waals surface area contributed by atoms with E-state index < -0.39 is 40.7 Å². The van der Waals surface area contributed by atoms with Gasteiger partial charge in [0.25, 0.3) is 0 Å². The number of hydrogen-bond acceptors (Lipinski definition) is 3. The molecule has 1 amide bonds. The molecule has 0 saturated heterocycles. The number of nitrogens with one attached hydrogen (secondary N) is 1. The lowest BCUT2D eigenvalue weighted by Crippen LogP contribution is -2.34. The average molecular weight is 417 g/mol. The third-order valence-electron chi connectivity index (χ3n) is 4.31. The molecular weight excluding hydrogens is 393 g/mol. The van der Waals surface area contributed by atoms with E-state index in [9.17, 15) is 18.4 Å². The Morgan fingerprint density at radius 3 is 2.43 bits per heavy atom. The molecule has 2 rings (SSSR count). The van der Waals surface area contributed by atoms with Crippen molar-refractivity contribution in [3.05, 3.63) is 69.5 Å². The highest BCUT2D eigenvalue weighted by atomic mass is 35.5. The van der Waals surface area contributed by atoms with Crippen LogP contribution in [0.3, 0.4) is 0 Å². The van der Waals surface area contributed by atoms with Crippen LogP contribution in [0.1, 0.15) is 57.1 Å². The molecule has 0 spiro atoms. The molecule has 0 unspecified atom stereocenters. The van der Waals surface area contributed by atoms with E-state index in [4.69, 9.17) is 17.3 Å². The van der Waals surface area contributed by atoms with Gasteiger partial charge in [-0.05, 0) is 37.6 Å². The second kappa shape index (κ2) is 9.21. The van der Waals surface area contributed by atoms with Crippen molar-refractivity contribution in [1.29, 1.82) is 0 Å². The zero-order chi connectivity index (χ0) is 21.0. The summed E-state index contributed by atoms with van der Waals surface area (Å²) in [4.78, 5) is 23.8. The number of hydrogen-bond donors (Lipinski definition) is 2. The third kappa shape index (κ3) is 4.91. The Kier molecular flexibility index (Phi) is 7.21. The first kappa shape index (κ1) is 21.9. The fraction of sp³-hybridized carbons (Fsp3) is 0.300. The van der Waals surface area contributed by atoms with Gasteiger partial charge in [0.05, 0.1) is 10.6 Å². The first-order chi connectivity index (χ1) is 13.1. The van der Waals surface area contributed by atoms with Gasteiger partial charge in [0.2, 0.25) is 5.91 Å². The van der Waals surface area contributed by atoms with Gasteiger partial charge in [-0.15, -0.1) is 0 Å². The monoisotopic (exact) mass is 416 g/mol. The lowest BCUT2D eigenvalue weighted by molar-refractivity contribution is -0.118. The van der Waals surface area contributed by atoms with Crippen LogP contribution >= 0.6 is 11.6 Å². The van der Waals surface area contributed by atoms with Crippen molar-refractivity contribution in [2.24, 2.45) is 5.73 Å². The lowest BCUT2D eigenvalue weighted by Gasteiger charge is -2.23. The van der Waals surface area contributed by atoms with Gasteiger partial charge < -0.3 is 11.1 Å². The molecule has 0 saturated carbocycles. The second-order valence-electron chi connectivity index (χ2n) is 6.48. The maximum Gasteiger partial charge on any atom is 0.218 e. The van der Waals surface area contributed by atoms with Gasteiger partial charge in [-0.1, -0.05) is 24.6 Å². The largest absolute Gasteiger partial charge is 0.370 e. The molecule has 0 fully saturated rings. The van der Waals surface area contributed by atoms with Crippen LogP contribution in [0.5, 0.6) is 0 Å². The zero-order valence-electron chi connectivity index (χ0n) is 15.4. The summed E-state index contributed by atoms with van der Waals surface area (Å²) in [6.07, 6.45) is 0.521. The third-order valence-corrected chi connectivity index (χ3v) is 4.62. The molecule has 0 aromatic heterocycles. The predicted molar refractivity (Wildman–Crippen MR) is 105 cm³/mol. The molecular formula is C20H24ClF3N2O2. The van der Waals surface area contributed by atoms with E-state index in [1.165, 1.54) is 12.1 Å². The number of amides is 1. The molecule has 0 aliphatic carbocycles. The van der Waals surface area contributed by atoms with Crippen LogP contribution in [0.2, 0.25) is 5.02 Å².